The van der Waals surface area contributed by atoms with Gasteiger partial charge in [-0.05, 0) is 35.9 Å². The number of hydrogen-bond acceptors (Lipinski definition) is 1. The maximum atomic E-state index is 13.9. The van der Waals surface area contributed by atoms with Crippen molar-refractivity contribution in [3.8, 4) is 11.1 Å². The van der Waals surface area contributed by atoms with E-state index in [1.54, 1.807) is 0 Å². The zero-order chi connectivity index (χ0) is 13.3. The molecular weight excluding hydrogens is 276 g/mol. The lowest BCUT2D eigenvalue weighted by molar-refractivity contribution is 0.100. The summed E-state index contributed by atoms with van der Waals surface area (Å²) >= 11 is 11.7. The number of halogens is 3. The summed E-state index contributed by atoms with van der Waals surface area (Å²) in [5.41, 5.74) is 5.84. The quantitative estimate of drug-likeness (QED) is 0.893. The summed E-state index contributed by atoms with van der Waals surface area (Å²) in [6.07, 6.45) is 0. The molecule has 2 N–H and O–H groups in total. The summed E-state index contributed by atoms with van der Waals surface area (Å²) in [4.78, 5) is 11.3. The molecule has 2 aromatic carbocycles. The van der Waals surface area contributed by atoms with E-state index in [9.17, 15) is 9.18 Å². The molecule has 0 unspecified atom stereocenters. The third kappa shape index (κ3) is 2.47. The molecule has 2 nitrogen and oxygen atoms in total. The van der Waals surface area contributed by atoms with Crippen LogP contribution >= 0.6 is 23.2 Å². The molecule has 0 saturated carbocycles. The second-order valence-electron chi connectivity index (χ2n) is 3.68. The van der Waals surface area contributed by atoms with Gasteiger partial charge in [-0.15, -0.1) is 0 Å². The van der Waals surface area contributed by atoms with E-state index in [1.165, 1.54) is 36.4 Å². The lowest BCUT2D eigenvalue weighted by atomic mass is 9.98. The van der Waals surface area contributed by atoms with E-state index in [1.807, 2.05) is 0 Å². The summed E-state index contributed by atoms with van der Waals surface area (Å²) in [5, 5.41) is 0.715. The Hall–Kier alpha value is -1.58. The zero-order valence-electron chi connectivity index (χ0n) is 9.08. The van der Waals surface area contributed by atoms with Gasteiger partial charge in [-0.2, -0.15) is 0 Å². The third-order valence-electron chi connectivity index (χ3n) is 2.43. The van der Waals surface area contributed by atoms with E-state index in [4.69, 9.17) is 28.9 Å². The lowest BCUT2D eigenvalue weighted by Gasteiger charge is -2.09. The average Bonchev–Trinajstić information content (AvgIpc) is 2.26. The highest BCUT2D eigenvalue weighted by Crippen LogP contribution is 2.31. The first-order valence-electron chi connectivity index (χ1n) is 5.04. The molecule has 0 saturated heterocycles. The van der Waals surface area contributed by atoms with E-state index in [0.29, 0.717) is 15.6 Å². The molecule has 0 bridgehead atoms. The van der Waals surface area contributed by atoms with Crippen LogP contribution < -0.4 is 5.73 Å². The molecule has 2 rings (SSSR count). The minimum absolute atomic E-state index is 0.0910. The Bertz CT molecular complexity index is 608. The lowest BCUT2D eigenvalue weighted by Crippen LogP contribution is -2.13. The van der Waals surface area contributed by atoms with Crippen LogP contribution in [0.5, 0.6) is 0 Å². The summed E-state index contributed by atoms with van der Waals surface area (Å²) in [7, 11) is 0. The van der Waals surface area contributed by atoms with Crippen molar-refractivity contribution in [1.82, 2.24) is 0 Å². The van der Waals surface area contributed by atoms with Crippen molar-refractivity contribution in [3.05, 3.63) is 57.8 Å². The predicted octanol–water partition coefficient (Wildman–Crippen LogP) is 3.90. The zero-order valence-corrected chi connectivity index (χ0v) is 10.6. The molecule has 0 radical (unpaired) electrons. The first kappa shape index (κ1) is 12.9. The molecule has 0 fully saturated rings. The van der Waals surface area contributed by atoms with E-state index >= 15 is 0 Å². The highest BCUT2D eigenvalue weighted by atomic mass is 35.5. The minimum atomic E-state index is -0.708. The normalized spacial score (nSPS) is 10.4. The summed E-state index contributed by atoms with van der Waals surface area (Å²) in [6.45, 7) is 0. The van der Waals surface area contributed by atoms with Crippen LogP contribution in [-0.2, 0) is 0 Å². The van der Waals surface area contributed by atoms with Crippen LogP contribution in [0.3, 0.4) is 0 Å². The van der Waals surface area contributed by atoms with Crippen molar-refractivity contribution in [1.29, 1.82) is 0 Å². The van der Waals surface area contributed by atoms with E-state index in [2.05, 4.69) is 0 Å². The number of hydrogen-bond donors (Lipinski definition) is 1. The minimum Gasteiger partial charge on any atom is -0.366 e. The molecule has 0 aliphatic heterocycles. The first-order chi connectivity index (χ1) is 8.49. The molecule has 18 heavy (non-hydrogen) atoms. The molecule has 2 aromatic rings. The maximum absolute atomic E-state index is 13.9. The highest BCUT2D eigenvalue weighted by molar-refractivity contribution is 6.35. The topological polar surface area (TPSA) is 43.1 Å². The van der Waals surface area contributed by atoms with Gasteiger partial charge in [0.2, 0.25) is 5.91 Å². The number of nitrogens with two attached hydrogens (primary N) is 1. The number of primary amides is 1. The molecule has 0 aliphatic carbocycles. The average molecular weight is 284 g/mol. The Balaban J connectivity index is 2.73. The molecule has 5 heteroatoms. The van der Waals surface area contributed by atoms with Crippen LogP contribution in [0.25, 0.3) is 11.1 Å². The Morgan fingerprint density at radius 1 is 1.11 bits per heavy atom. The van der Waals surface area contributed by atoms with E-state index < -0.39 is 11.7 Å². The summed E-state index contributed by atoms with van der Waals surface area (Å²) in [6, 6.07) is 8.70. The third-order valence-corrected chi connectivity index (χ3v) is 2.87. The molecule has 0 aliphatic rings. The maximum Gasteiger partial charge on any atom is 0.249 e. The molecule has 0 spiro atoms. The van der Waals surface area contributed by atoms with Crippen molar-refractivity contribution in [3.63, 3.8) is 0 Å². The number of rotatable bonds is 2. The van der Waals surface area contributed by atoms with Gasteiger partial charge in [-0.1, -0.05) is 29.3 Å². The second-order valence-corrected chi connectivity index (χ2v) is 4.56. The van der Waals surface area contributed by atoms with Gasteiger partial charge in [-0.3, -0.25) is 4.79 Å². The van der Waals surface area contributed by atoms with Crippen molar-refractivity contribution in [2.45, 2.75) is 0 Å². The smallest absolute Gasteiger partial charge is 0.249 e. The van der Waals surface area contributed by atoms with Crippen LogP contribution in [0.1, 0.15) is 10.4 Å². The predicted molar refractivity (Wildman–Crippen MR) is 70.4 cm³/mol. The van der Waals surface area contributed by atoms with Crippen LogP contribution in [-0.4, -0.2) is 5.91 Å². The number of amides is 1. The van der Waals surface area contributed by atoms with Crippen LogP contribution in [0.2, 0.25) is 10.0 Å². The van der Waals surface area contributed by atoms with Crippen LogP contribution in [0.4, 0.5) is 4.39 Å². The van der Waals surface area contributed by atoms with Gasteiger partial charge in [0.25, 0.3) is 0 Å². The van der Waals surface area contributed by atoms with Gasteiger partial charge in [-0.25, -0.2) is 4.39 Å². The van der Waals surface area contributed by atoms with Gasteiger partial charge < -0.3 is 5.73 Å². The largest absolute Gasteiger partial charge is 0.366 e. The van der Waals surface area contributed by atoms with Gasteiger partial charge in [0, 0.05) is 21.2 Å². The first-order valence-corrected chi connectivity index (χ1v) is 5.79. The Morgan fingerprint density at radius 2 is 1.72 bits per heavy atom. The fourth-order valence-corrected chi connectivity index (χ4v) is 2.25. The fourth-order valence-electron chi connectivity index (χ4n) is 1.72. The Kier molecular flexibility index (Phi) is 3.55. The van der Waals surface area contributed by atoms with E-state index in [-0.39, 0.29) is 11.1 Å². The molecule has 0 aromatic heterocycles. The molecule has 92 valence electrons. The number of carbonyl (C=O) groups is 1. The fraction of sp³-hybridized carbons (Fsp3) is 0. The van der Waals surface area contributed by atoms with Gasteiger partial charge in [0.05, 0.1) is 0 Å². The summed E-state index contributed by atoms with van der Waals surface area (Å²) < 4.78 is 13.9. The second kappa shape index (κ2) is 4.96. The van der Waals surface area contributed by atoms with Crippen LogP contribution in [0, 0.1) is 5.82 Å². The summed E-state index contributed by atoms with van der Waals surface area (Å²) in [5.74, 6) is -1.26. The monoisotopic (exact) mass is 283 g/mol. The van der Waals surface area contributed by atoms with Crippen molar-refractivity contribution in [2.24, 2.45) is 5.73 Å². The van der Waals surface area contributed by atoms with Crippen molar-refractivity contribution < 1.29 is 9.18 Å². The standard InChI is InChI=1S/C13H8Cl2FNO/c14-8-4-7(5-9(15)6-8)12-10(13(17)18)2-1-3-11(12)16/h1-6H,(H2,17,18). The van der Waals surface area contributed by atoms with Crippen molar-refractivity contribution >= 4 is 29.1 Å². The SMILES string of the molecule is NC(=O)c1cccc(F)c1-c1cc(Cl)cc(Cl)c1. The van der Waals surface area contributed by atoms with Crippen molar-refractivity contribution in [2.75, 3.05) is 0 Å². The Morgan fingerprint density at radius 3 is 2.28 bits per heavy atom. The molecule has 0 atom stereocenters. The van der Waals surface area contributed by atoms with Gasteiger partial charge in [0.1, 0.15) is 5.82 Å². The molecular formula is C13H8Cl2FNO. The number of benzene rings is 2. The van der Waals surface area contributed by atoms with Gasteiger partial charge in [0.15, 0.2) is 0 Å². The van der Waals surface area contributed by atoms with Crippen LogP contribution in [0.15, 0.2) is 36.4 Å². The molecule has 1 amide bonds. The Labute approximate surface area is 113 Å². The molecule has 0 heterocycles. The van der Waals surface area contributed by atoms with E-state index in [0.717, 1.165) is 0 Å². The number of carbonyl (C=O) groups excluding carboxylic acids is 1. The highest BCUT2D eigenvalue weighted by Gasteiger charge is 2.15. The van der Waals surface area contributed by atoms with Gasteiger partial charge >= 0.3 is 0 Å².